The Bertz CT molecular complexity index is 756. The van der Waals surface area contributed by atoms with E-state index in [1.54, 1.807) is 0 Å². The molecule has 1 aromatic carbocycles. The van der Waals surface area contributed by atoms with Crippen LogP contribution in [0.3, 0.4) is 0 Å². The summed E-state index contributed by atoms with van der Waals surface area (Å²) in [5, 5.41) is 4.12. The number of amides is 1. The van der Waals surface area contributed by atoms with Crippen molar-refractivity contribution in [3.05, 3.63) is 36.2 Å². The third-order valence-electron chi connectivity index (χ3n) is 6.18. The summed E-state index contributed by atoms with van der Waals surface area (Å²) in [5.41, 5.74) is 6.47. The van der Waals surface area contributed by atoms with Gasteiger partial charge in [-0.2, -0.15) is 4.98 Å². The van der Waals surface area contributed by atoms with Crippen molar-refractivity contribution in [2.45, 2.75) is 39.7 Å². The second kappa shape index (κ2) is 8.84. The van der Waals surface area contributed by atoms with Gasteiger partial charge < -0.3 is 15.2 Å². The number of hydrogen-bond donors (Lipinski definition) is 1. The molecule has 1 aromatic heterocycles. The zero-order chi connectivity index (χ0) is 20.1. The largest absolute Gasteiger partial charge is 0.340 e. The van der Waals surface area contributed by atoms with Gasteiger partial charge in [0.25, 0.3) is 0 Å². The highest BCUT2D eigenvalue weighted by Gasteiger charge is 2.38. The zero-order valence-electron chi connectivity index (χ0n) is 17.1. The first-order chi connectivity index (χ1) is 13.5. The maximum atomic E-state index is 13.0. The first-order valence-electron chi connectivity index (χ1n) is 10.2. The van der Waals surface area contributed by atoms with Gasteiger partial charge in [0.05, 0.1) is 11.5 Å². The number of carbonyl (C=O) groups excluding carboxylic acids is 1. The number of carbonyl (C=O) groups is 1. The summed E-state index contributed by atoms with van der Waals surface area (Å²) in [6.07, 6.45) is 1.55. The summed E-state index contributed by atoms with van der Waals surface area (Å²) in [5.74, 6) is 1.41. The molecule has 3 rings (SSSR count). The Morgan fingerprint density at radius 1 is 1.18 bits per heavy atom. The Morgan fingerprint density at radius 3 is 2.39 bits per heavy atom. The molecule has 0 radical (unpaired) electrons. The molecule has 2 N–H and O–H groups in total. The lowest BCUT2D eigenvalue weighted by molar-refractivity contribution is -0.144. The lowest BCUT2D eigenvalue weighted by atomic mass is 9.80. The van der Waals surface area contributed by atoms with Crippen molar-refractivity contribution in [2.75, 3.05) is 32.7 Å². The standard InChI is InChI=1S/C21H31N5O2/c1-4-21(5-2,15-22)20(27)26-13-11-25(12-14-26)16(3)19-23-18(24-28-19)17-9-7-6-8-10-17/h6-10,16H,4-5,11-15,22H2,1-3H3. The molecule has 7 heteroatoms. The van der Waals surface area contributed by atoms with Gasteiger partial charge in [0.1, 0.15) is 0 Å². The van der Waals surface area contributed by atoms with E-state index in [0.717, 1.165) is 31.5 Å². The predicted octanol–water partition coefficient (Wildman–Crippen LogP) is 2.71. The van der Waals surface area contributed by atoms with E-state index < -0.39 is 5.41 Å². The molecule has 0 aliphatic carbocycles. The number of benzene rings is 1. The second-order valence-corrected chi connectivity index (χ2v) is 7.52. The minimum absolute atomic E-state index is 0.0128. The average Bonchev–Trinajstić information content (AvgIpc) is 3.26. The smallest absolute Gasteiger partial charge is 0.244 e. The molecular formula is C21H31N5O2. The molecule has 0 saturated carbocycles. The molecule has 1 unspecified atom stereocenters. The van der Waals surface area contributed by atoms with Crippen LogP contribution in [0.25, 0.3) is 11.4 Å². The van der Waals surface area contributed by atoms with Crippen LogP contribution < -0.4 is 5.73 Å². The fourth-order valence-corrected chi connectivity index (χ4v) is 3.84. The van der Waals surface area contributed by atoms with Gasteiger partial charge in [0.15, 0.2) is 0 Å². The average molecular weight is 386 g/mol. The fourth-order valence-electron chi connectivity index (χ4n) is 3.84. The Morgan fingerprint density at radius 2 is 1.82 bits per heavy atom. The normalized spacial score (nSPS) is 16.9. The van der Waals surface area contributed by atoms with E-state index in [0.29, 0.717) is 31.3 Å². The molecule has 7 nitrogen and oxygen atoms in total. The molecule has 152 valence electrons. The second-order valence-electron chi connectivity index (χ2n) is 7.52. The number of nitrogens with two attached hydrogens (primary N) is 1. The molecule has 1 saturated heterocycles. The molecule has 1 atom stereocenters. The van der Waals surface area contributed by atoms with Crippen molar-refractivity contribution in [3.8, 4) is 11.4 Å². The van der Waals surface area contributed by atoms with E-state index in [9.17, 15) is 4.79 Å². The predicted molar refractivity (Wildman–Crippen MR) is 108 cm³/mol. The fraction of sp³-hybridized carbons (Fsp3) is 0.571. The summed E-state index contributed by atoms with van der Waals surface area (Å²) in [7, 11) is 0. The van der Waals surface area contributed by atoms with Crippen molar-refractivity contribution in [1.82, 2.24) is 19.9 Å². The molecule has 1 aliphatic heterocycles. The molecule has 1 amide bonds. The van der Waals surface area contributed by atoms with E-state index >= 15 is 0 Å². The van der Waals surface area contributed by atoms with E-state index in [2.05, 4.69) is 22.0 Å². The van der Waals surface area contributed by atoms with Crippen LogP contribution in [0.4, 0.5) is 0 Å². The van der Waals surface area contributed by atoms with Crippen LogP contribution in [0.1, 0.15) is 45.5 Å². The van der Waals surface area contributed by atoms with Gasteiger partial charge in [0.2, 0.25) is 17.6 Å². The van der Waals surface area contributed by atoms with Gasteiger partial charge in [-0.05, 0) is 19.8 Å². The van der Waals surface area contributed by atoms with Crippen molar-refractivity contribution >= 4 is 5.91 Å². The first-order valence-corrected chi connectivity index (χ1v) is 10.2. The van der Waals surface area contributed by atoms with Crippen LogP contribution in [0, 0.1) is 5.41 Å². The highest BCUT2D eigenvalue weighted by Crippen LogP contribution is 2.29. The lowest BCUT2D eigenvalue weighted by Gasteiger charge is -2.41. The molecule has 1 aliphatic rings. The maximum absolute atomic E-state index is 13.0. The van der Waals surface area contributed by atoms with Gasteiger partial charge in [-0.15, -0.1) is 0 Å². The highest BCUT2D eigenvalue weighted by molar-refractivity contribution is 5.83. The van der Waals surface area contributed by atoms with Gasteiger partial charge in [-0.1, -0.05) is 49.3 Å². The summed E-state index contributed by atoms with van der Waals surface area (Å²) < 4.78 is 5.51. The van der Waals surface area contributed by atoms with Gasteiger partial charge in [-0.3, -0.25) is 9.69 Å². The van der Waals surface area contributed by atoms with Gasteiger partial charge >= 0.3 is 0 Å². The summed E-state index contributed by atoms with van der Waals surface area (Å²) in [6.45, 7) is 9.53. The topological polar surface area (TPSA) is 88.5 Å². The van der Waals surface area contributed by atoms with E-state index in [-0.39, 0.29) is 11.9 Å². The van der Waals surface area contributed by atoms with Crippen molar-refractivity contribution in [2.24, 2.45) is 11.1 Å². The highest BCUT2D eigenvalue weighted by atomic mass is 16.5. The van der Waals surface area contributed by atoms with Gasteiger partial charge in [-0.25, -0.2) is 0 Å². The van der Waals surface area contributed by atoms with E-state index in [1.165, 1.54) is 0 Å². The third kappa shape index (κ3) is 3.95. The van der Waals surface area contributed by atoms with Crippen LogP contribution >= 0.6 is 0 Å². The molecular weight excluding hydrogens is 354 g/mol. The number of nitrogens with zero attached hydrogens (tertiary/aromatic N) is 4. The Hall–Kier alpha value is -2.25. The molecule has 2 aromatic rings. The van der Waals surface area contributed by atoms with Crippen LogP contribution in [0.2, 0.25) is 0 Å². The Kier molecular flexibility index (Phi) is 6.46. The quantitative estimate of drug-likeness (QED) is 0.788. The van der Waals surface area contributed by atoms with Crippen molar-refractivity contribution in [3.63, 3.8) is 0 Å². The summed E-state index contributed by atoms with van der Waals surface area (Å²) in [4.78, 5) is 21.8. The zero-order valence-corrected chi connectivity index (χ0v) is 17.1. The number of hydrogen-bond acceptors (Lipinski definition) is 6. The monoisotopic (exact) mass is 385 g/mol. The van der Waals surface area contributed by atoms with Crippen LogP contribution in [-0.4, -0.2) is 58.6 Å². The Labute approximate surface area is 166 Å². The van der Waals surface area contributed by atoms with Crippen molar-refractivity contribution in [1.29, 1.82) is 0 Å². The minimum Gasteiger partial charge on any atom is -0.340 e. The maximum Gasteiger partial charge on any atom is 0.244 e. The van der Waals surface area contributed by atoms with Gasteiger partial charge in [0, 0.05) is 38.3 Å². The number of aromatic nitrogens is 2. The minimum atomic E-state index is -0.426. The summed E-state index contributed by atoms with van der Waals surface area (Å²) >= 11 is 0. The Balaban J connectivity index is 1.62. The molecule has 28 heavy (non-hydrogen) atoms. The first kappa shape index (κ1) is 20.5. The molecule has 0 spiro atoms. The van der Waals surface area contributed by atoms with E-state index in [1.807, 2.05) is 49.1 Å². The van der Waals surface area contributed by atoms with Crippen LogP contribution in [-0.2, 0) is 4.79 Å². The molecule has 1 fully saturated rings. The van der Waals surface area contributed by atoms with Crippen LogP contribution in [0.15, 0.2) is 34.9 Å². The lowest BCUT2D eigenvalue weighted by Crippen LogP contribution is -2.55. The summed E-state index contributed by atoms with van der Waals surface area (Å²) in [6, 6.07) is 9.82. The van der Waals surface area contributed by atoms with Crippen molar-refractivity contribution < 1.29 is 9.32 Å². The third-order valence-corrected chi connectivity index (χ3v) is 6.18. The molecule has 2 heterocycles. The SMILES string of the molecule is CCC(CC)(CN)C(=O)N1CCN(C(C)c2nc(-c3ccccc3)no2)CC1. The number of piperazine rings is 1. The van der Waals surface area contributed by atoms with Crippen LogP contribution in [0.5, 0.6) is 0 Å². The van der Waals surface area contributed by atoms with E-state index in [4.69, 9.17) is 10.3 Å². The molecule has 0 bridgehead atoms. The number of rotatable bonds is 7.